The molecule has 1 aliphatic carbocycles. The van der Waals surface area contributed by atoms with Crippen LogP contribution in [0.25, 0.3) is 0 Å². The number of ether oxygens (including phenoxy) is 2. The van der Waals surface area contributed by atoms with Crippen LogP contribution in [0, 0.1) is 11.3 Å². The van der Waals surface area contributed by atoms with Crippen LogP contribution in [0.3, 0.4) is 0 Å². The largest absolute Gasteiger partial charge is 0.486 e. The van der Waals surface area contributed by atoms with E-state index in [9.17, 15) is 9.59 Å². The Labute approximate surface area is 245 Å². The molecule has 0 bridgehead atoms. The van der Waals surface area contributed by atoms with Gasteiger partial charge in [-0.1, -0.05) is 50.0 Å². The van der Waals surface area contributed by atoms with Crippen LogP contribution in [0.4, 0.5) is 0 Å². The van der Waals surface area contributed by atoms with Crippen LogP contribution in [0.15, 0.2) is 36.4 Å². The number of rotatable bonds is 7. The van der Waals surface area contributed by atoms with Gasteiger partial charge in [-0.2, -0.15) is 0 Å². The summed E-state index contributed by atoms with van der Waals surface area (Å²) in [4.78, 5) is 26.7. The lowest BCUT2D eigenvalue weighted by molar-refractivity contribution is -0.122. The van der Waals surface area contributed by atoms with E-state index in [1.54, 1.807) is 18.2 Å². The zero-order valence-electron chi connectivity index (χ0n) is 23.2. The lowest BCUT2D eigenvalue weighted by atomic mass is 9.63. The van der Waals surface area contributed by atoms with E-state index in [4.69, 9.17) is 42.0 Å². The zero-order valence-corrected chi connectivity index (χ0v) is 24.7. The molecule has 1 saturated carbocycles. The van der Waals surface area contributed by atoms with Crippen LogP contribution in [-0.4, -0.2) is 56.3 Å². The standard InChI is InChI=1S/C29H35BCl2N2O6/c1-17-11-25-29(4,15-28(17,2)3)40-30(39-25)16-33-27(36)22(34-26(35)20-14-19(31)6-7-21(20)32)12-18-5-8-23-24(13-18)38-10-9-37-23/h5-8,13-14,17,22,25H,9-12,15-16H2,1-4H3,(H,33,36)(H,34,35)/t17-,22?,25+,29-/m0/s1. The molecule has 4 atom stereocenters. The van der Waals surface area contributed by atoms with Gasteiger partial charge >= 0.3 is 7.12 Å². The maximum absolute atomic E-state index is 13.5. The summed E-state index contributed by atoms with van der Waals surface area (Å²) in [6.07, 6.45) is 2.11. The average molecular weight is 589 g/mol. The van der Waals surface area contributed by atoms with Crippen molar-refractivity contribution in [1.82, 2.24) is 10.6 Å². The first-order chi connectivity index (χ1) is 18.9. The van der Waals surface area contributed by atoms with Gasteiger partial charge in [-0.25, -0.2) is 0 Å². The van der Waals surface area contributed by atoms with Gasteiger partial charge < -0.3 is 29.4 Å². The summed E-state index contributed by atoms with van der Waals surface area (Å²) in [6, 6.07) is 9.19. The van der Waals surface area contributed by atoms with Crippen molar-refractivity contribution in [3.63, 3.8) is 0 Å². The highest BCUT2D eigenvalue weighted by molar-refractivity contribution is 6.46. The molecule has 2 amide bonds. The lowest BCUT2D eigenvalue weighted by Crippen LogP contribution is -2.50. The molecule has 1 unspecified atom stereocenters. The Balaban J connectivity index is 1.29. The van der Waals surface area contributed by atoms with Crippen molar-refractivity contribution < 1.29 is 28.4 Å². The maximum atomic E-state index is 13.5. The number of halogens is 2. The molecule has 11 heteroatoms. The smallest absolute Gasteiger partial charge is 0.478 e. The molecule has 0 aromatic heterocycles. The van der Waals surface area contributed by atoms with Crippen molar-refractivity contribution in [3.05, 3.63) is 57.6 Å². The van der Waals surface area contributed by atoms with E-state index in [0.717, 1.165) is 18.4 Å². The van der Waals surface area contributed by atoms with E-state index in [1.165, 1.54) is 6.07 Å². The minimum absolute atomic E-state index is 0.0318. The van der Waals surface area contributed by atoms with Crippen LogP contribution in [0.5, 0.6) is 11.5 Å². The minimum Gasteiger partial charge on any atom is -0.486 e. The van der Waals surface area contributed by atoms with Gasteiger partial charge in [0.05, 0.1) is 28.7 Å². The highest BCUT2D eigenvalue weighted by atomic mass is 35.5. The van der Waals surface area contributed by atoms with Gasteiger partial charge in [0, 0.05) is 11.4 Å². The monoisotopic (exact) mass is 588 g/mol. The predicted molar refractivity (Wildman–Crippen MR) is 154 cm³/mol. The number of carbonyl (C=O) groups is 2. The Hall–Kier alpha value is -2.46. The van der Waals surface area contributed by atoms with Crippen LogP contribution >= 0.6 is 23.2 Å². The molecule has 3 aliphatic rings. The third-order valence-electron chi connectivity index (χ3n) is 8.39. The van der Waals surface area contributed by atoms with E-state index >= 15 is 0 Å². The molecule has 5 rings (SSSR count). The molecular weight excluding hydrogens is 554 g/mol. The molecule has 2 N–H and O–H groups in total. The van der Waals surface area contributed by atoms with Crippen molar-refractivity contribution in [2.75, 3.05) is 19.7 Å². The third-order valence-corrected chi connectivity index (χ3v) is 8.96. The van der Waals surface area contributed by atoms with Crippen molar-refractivity contribution in [2.24, 2.45) is 11.3 Å². The second-order valence-corrected chi connectivity index (χ2v) is 12.7. The molecule has 2 aromatic carbocycles. The molecule has 2 aromatic rings. The summed E-state index contributed by atoms with van der Waals surface area (Å²) in [6.45, 7) is 9.78. The predicted octanol–water partition coefficient (Wildman–Crippen LogP) is 4.88. The highest BCUT2D eigenvalue weighted by Crippen LogP contribution is 2.50. The molecule has 40 heavy (non-hydrogen) atoms. The summed E-state index contributed by atoms with van der Waals surface area (Å²) < 4.78 is 23.9. The number of amides is 2. The molecule has 1 saturated heterocycles. The molecule has 0 radical (unpaired) electrons. The van der Waals surface area contributed by atoms with E-state index in [0.29, 0.717) is 35.7 Å². The Bertz CT molecular complexity index is 1290. The molecule has 214 valence electrons. The number of hydrogen-bond donors (Lipinski definition) is 2. The number of hydrogen-bond acceptors (Lipinski definition) is 6. The second-order valence-electron chi connectivity index (χ2n) is 11.9. The molecule has 8 nitrogen and oxygen atoms in total. The van der Waals surface area contributed by atoms with E-state index < -0.39 is 24.7 Å². The maximum Gasteiger partial charge on any atom is 0.478 e. The Morgan fingerprint density at radius 2 is 1.82 bits per heavy atom. The molecule has 2 fully saturated rings. The average Bonchev–Trinajstić information content (AvgIpc) is 3.22. The fraction of sp³-hybridized carbons (Fsp3) is 0.517. The van der Waals surface area contributed by atoms with Crippen LogP contribution in [-0.2, 0) is 20.5 Å². The first-order valence-electron chi connectivity index (χ1n) is 13.7. The van der Waals surface area contributed by atoms with Gasteiger partial charge in [-0.3, -0.25) is 9.59 Å². The topological polar surface area (TPSA) is 95.1 Å². The summed E-state index contributed by atoms with van der Waals surface area (Å²) in [5, 5.41) is 6.36. The highest BCUT2D eigenvalue weighted by Gasteiger charge is 2.55. The Morgan fingerprint density at radius 3 is 2.60 bits per heavy atom. The van der Waals surface area contributed by atoms with Gasteiger partial charge in [0.15, 0.2) is 11.5 Å². The normalized spacial score (nSPS) is 25.6. The molecule has 2 aliphatic heterocycles. The first-order valence-corrected chi connectivity index (χ1v) is 14.4. The fourth-order valence-corrected chi connectivity index (χ4v) is 6.25. The number of carbonyl (C=O) groups excluding carboxylic acids is 2. The van der Waals surface area contributed by atoms with Gasteiger partial charge in [0.25, 0.3) is 5.91 Å². The van der Waals surface area contributed by atoms with Crippen molar-refractivity contribution in [3.8, 4) is 11.5 Å². The number of benzene rings is 2. The molecule has 0 spiro atoms. The van der Waals surface area contributed by atoms with E-state index in [-0.39, 0.29) is 40.9 Å². The van der Waals surface area contributed by atoms with Gasteiger partial charge in [0.1, 0.15) is 19.3 Å². The Kier molecular flexibility index (Phi) is 8.30. The third kappa shape index (κ3) is 6.23. The zero-order chi connectivity index (χ0) is 28.7. The van der Waals surface area contributed by atoms with E-state index in [2.05, 4.69) is 38.3 Å². The SMILES string of the molecule is C[C@H]1C[C@H]2OB(CNC(=O)C(Cc3ccc4c(c3)OCCO4)NC(=O)c3cc(Cl)ccc3Cl)O[C@@]2(C)CC1(C)C. The summed E-state index contributed by atoms with van der Waals surface area (Å²) in [5.41, 5.74) is 0.705. The first kappa shape index (κ1) is 29.1. The number of fused-ring (bicyclic) bond motifs is 2. The van der Waals surface area contributed by atoms with Gasteiger partial charge in [-0.15, -0.1) is 0 Å². The number of nitrogens with one attached hydrogen (secondary N) is 2. The molecular formula is C29H35BCl2N2O6. The van der Waals surface area contributed by atoms with E-state index in [1.807, 2.05) is 12.1 Å². The second kappa shape index (κ2) is 11.4. The lowest BCUT2D eigenvalue weighted by Gasteiger charge is -2.47. The minimum atomic E-state index is -0.914. The van der Waals surface area contributed by atoms with Crippen molar-refractivity contribution in [1.29, 1.82) is 0 Å². The molecule has 2 heterocycles. The summed E-state index contributed by atoms with van der Waals surface area (Å²) in [5.74, 6) is 0.864. The van der Waals surface area contributed by atoms with Crippen molar-refractivity contribution in [2.45, 2.75) is 64.7 Å². The van der Waals surface area contributed by atoms with Gasteiger partial charge in [-0.05, 0) is 67.0 Å². The summed E-state index contributed by atoms with van der Waals surface area (Å²) >= 11 is 12.4. The fourth-order valence-electron chi connectivity index (χ4n) is 5.87. The van der Waals surface area contributed by atoms with Crippen LogP contribution in [0.2, 0.25) is 10.0 Å². The Morgan fingerprint density at radius 1 is 1.07 bits per heavy atom. The van der Waals surface area contributed by atoms with Crippen molar-refractivity contribution >= 4 is 42.1 Å². The summed E-state index contributed by atoms with van der Waals surface area (Å²) in [7, 11) is -0.576. The van der Waals surface area contributed by atoms with Crippen LogP contribution < -0.4 is 20.1 Å². The van der Waals surface area contributed by atoms with Gasteiger partial charge in [0.2, 0.25) is 5.91 Å². The van der Waals surface area contributed by atoms with Crippen LogP contribution in [0.1, 0.15) is 56.5 Å². The quantitative estimate of drug-likeness (QED) is 0.448.